The van der Waals surface area contributed by atoms with E-state index in [-0.39, 0.29) is 17.2 Å². The average molecular weight is 505 g/mol. The van der Waals surface area contributed by atoms with Crippen LogP contribution in [-0.4, -0.2) is 13.1 Å². The van der Waals surface area contributed by atoms with Gasteiger partial charge in [0.05, 0.1) is 13.0 Å². The molecule has 1 atom stereocenters. The first-order chi connectivity index (χ1) is 18.6. The summed E-state index contributed by atoms with van der Waals surface area (Å²) in [6.45, 7) is 0.415. The molecule has 38 heavy (non-hydrogen) atoms. The summed E-state index contributed by atoms with van der Waals surface area (Å²) in [5.74, 6) is 0.680. The molecule has 0 saturated carbocycles. The molecule has 7 heteroatoms. The number of nitrogens with zero attached hydrogens (tertiary/aromatic N) is 1. The first-order valence-electron chi connectivity index (χ1n) is 11.9. The minimum absolute atomic E-state index is 0.00573. The average Bonchev–Trinajstić information content (AvgIpc) is 2.96. The van der Waals surface area contributed by atoms with E-state index in [1.54, 1.807) is 42.5 Å². The second kappa shape index (κ2) is 10.8. The lowest BCUT2D eigenvalue weighted by Gasteiger charge is -2.27. The Morgan fingerprint density at radius 1 is 0.947 bits per heavy atom. The van der Waals surface area contributed by atoms with Crippen molar-refractivity contribution < 1.29 is 23.7 Å². The van der Waals surface area contributed by atoms with Gasteiger partial charge in [-0.05, 0) is 41.5 Å². The van der Waals surface area contributed by atoms with E-state index in [1.807, 2.05) is 54.6 Å². The molecule has 0 saturated heterocycles. The summed E-state index contributed by atoms with van der Waals surface area (Å²) in [5.41, 5.74) is 9.33. The van der Waals surface area contributed by atoms with Gasteiger partial charge in [0.25, 0.3) is 0 Å². The number of esters is 1. The van der Waals surface area contributed by atoms with Crippen molar-refractivity contribution >= 4 is 5.97 Å². The van der Waals surface area contributed by atoms with Crippen LogP contribution in [0.3, 0.4) is 0 Å². The van der Waals surface area contributed by atoms with Gasteiger partial charge in [0.1, 0.15) is 46.8 Å². The second-order valence-corrected chi connectivity index (χ2v) is 8.56. The van der Waals surface area contributed by atoms with E-state index in [0.717, 1.165) is 11.1 Å². The fraction of sp³-hybridized carbons (Fsp3) is 0.0968. The van der Waals surface area contributed by atoms with Gasteiger partial charge in [-0.3, -0.25) is 0 Å². The second-order valence-electron chi connectivity index (χ2n) is 8.56. The molecule has 2 N–H and O–H groups in total. The van der Waals surface area contributed by atoms with Gasteiger partial charge in [-0.25, -0.2) is 4.79 Å². The third-order valence-electron chi connectivity index (χ3n) is 6.17. The van der Waals surface area contributed by atoms with E-state index < -0.39 is 11.9 Å². The Morgan fingerprint density at radius 3 is 2.53 bits per heavy atom. The molecule has 1 unspecified atom stereocenters. The van der Waals surface area contributed by atoms with Crippen LogP contribution in [0.4, 0.5) is 0 Å². The number of hydrogen-bond acceptors (Lipinski definition) is 7. The molecule has 0 aliphatic carbocycles. The summed E-state index contributed by atoms with van der Waals surface area (Å²) in [6.07, 6.45) is 0. The van der Waals surface area contributed by atoms with E-state index in [9.17, 15) is 10.1 Å². The van der Waals surface area contributed by atoms with Crippen LogP contribution in [0.5, 0.6) is 23.0 Å². The molecule has 4 aromatic rings. The zero-order chi connectivity index (χ0) is 26.5. The predicted molar refractivity (Wildman–Crippen MR) is 141 cm³/mol. The maximum Gasteiger partial charge on any atom is 0.347 e. The summed E-state index contributed by atoms with van der Waals surface area (Å²) < 4.78 is 22.6. The lowest BCUT2D eigenvalue weighted by molar-refractivity contribution is 0.0731. The van der Waals surface area contributed by atoms with Crippen LogP contribution in [-0.2, 0) is 6.61 Å². The lowest BCUT2D eigenvalue weighted by atomic mass is 9.83. The number of ether oxygens (including phenoxy) is 4. The maximum absolute atomic E-state index is 12.8. The Kier molecular flexibility index (Phi) is 6.96. The number of nitrogens with two attached hydrogens (primary N) is 1. The summed E-state index contributed by atoms with van der Waals surface area (Å²) in [4.78, 5) is 12.8. The van der Waals surface area contributed by atoms with Crippen LogP contribution in [0.15, 0.2) is 109 Å². The smallest absolute Gasteiger partial charge is 0.347 e. The van der Waals surface area contributed by atoms with Gasteiger partial charge in [0, 0.05) is 11.6 Å². The Morgan fingerprint density at radius 2 is 1.74 bits per heavy atom. The number of carbonyl (C=O) groups is 1. The standard InChI is InChI=1S/C31H24N2O5/c1-35-27-13-6-5-12-25(27)31(34)37-23-14-15-24-28(17-23)38-30(33)26(18-32)29(24)21-10-7-11-22(16-21)36-19-20-8-3-2-4-9-20/h2-17,29H,19,33H2,1H3. The van der Waals surface area contributed by atoms with Gasteiger partial charge in [-0.2, -0.15) is 5.26 Å². The first-order valence-corrected chi connectivity index (χ1v) is 11.9. The quantitative estimate of drug-likeness (QED) is 0.254. The molecule has 0 radical (unpaired) electrons. The van der Waals surface area contributed by atoms with Gasteiger partial charge in [0.2, 0.25) is 5.88 Å². The van der Waals surface area contributed by atoms with E-state index >= 15 is 0 Å². The fourth-order valence-electron chi connectivity index (χ4n) is 4.34. The van der Waals surface area contributed by atoms with Crippen LogP contribution in [0.25, 0.3) is 0 Å². The van der Waals surface area contributed by atoms with Crippen molar-refractivity contribution in [1.82, 2.24) is 0 Å². The molecule has 0 bridgehead atoms. The summed E-state index contributed by atoms with van der Waals surface area (Å²) in [5, 5.41) is 9.91. The van der Waals surface area contributed by atoms with Gasteiger partial charge in [-0.1, -0.05) is 60.7 Å². The number of benzene rings is 4. The molecule has 0 fully saturated rings. The highest BCUT2D eigenvalue weighted by atomic mass is 16.5. The molecule has 0 aromatic heterocycles. The van der Waals surface area contributed by atoms with Crippen LogP contribution in [0, 0.1) is 11.3 Å². The Hall–Kier alpha value is -5.22. The number of allylic oxidation sites excluding steroid dienone is 1. The van der Waals surface area contributed by atoms with Crippen molar-refractivity contribution in [1.29, 1.82) is 5.26 Å². The highest BCUT2D eigenvalue weighted by Gasteiger charge is 2.31. The zero-order valence-corrected chi connectivity index (χ0v) is 20.6. The molecule has 7 nitrogen and oxygen atoms in total. The molecule has 4 aromatic carbocycles. The number of para-hydroxylation sites is 1. The van der Waals surface area contributed by atoms with Crippen molar-refractivity contribution in [2.24, 2.45) is 5.73 Å². The summed E-state index contributed by atoms with van der Waals surface area (Å²) in [6, 6.07) is 31.4. The van der Waals surface area contributed by atoms with Crippen molar-refractivity contribution in [2.45, 2.75) is 12.5 Å². The number of nitriles is 1. The van der Waals surface area contributed by atoms with Crippen LogP contribution < -0.4 is 24.7 Å². The van der Waals surface area contributed by atoms with Gasteiger partial charge in [0.15, 0.2) is 0 Å². The summed E-state index contributed by atoms with van der Waals surface area (Å²) in [7, 11) is 1.49. The number of carbonyl (C=O) groups excluding carboxylic acids is 1. The van der Waals surface area contributed by atoms with E-state index in [0.29, 0.717) is 35.0 Å². The molecule has 188 valence electrons. The molecule has 5 rings (SSSR count). The predicted octanol–water partition coefficient (Wildman–Crippen LogP) is 5.71. The van der Waals surface area contributed by atoms with Crippen molar-refractivity contribution in [2.75, 3.05) is 7.11 Å². The Balaban J connectivity index is 1.43. The van der Waals surface area contributed by atoms with Crippen LogP contribution in [0.1, 0.15) is 33.0 Å². The van der Waals surface area contributed by atoms with Crippen molar-refractivity contribution in [3.05, 3.63) is 131 Å². The maximum atomic E-state index is 12.8. The lowest BCUT2D eigenvalue weighted by Crippen LogP contribution is -2.21. The third kappa shape index (κ3) is 5.01. The SMILES string of the molecule is COc1ccccc1C(=O)Oc1ccc2c(c1)OC(N)=C(C#N)C2c1cccc(OCc2ccccc2)c1. The number of rotatable bonds is 7. The van der Waals surface area contributed by atoms with E-state index in [1.165, 1.54) is 7.11 Å². The minimum Gasteiger partial charge on any atom is -0.496 e. The van der Waals surface area contributed by atoms with Crippen molar-refractivity contribution in [3.63, 3.8) is 0 Å². The number of fused-ring (bicyclic) bond motifs is 1. The van der Waals surface area contributed by atoms with Gasteiger partial charge in [-0.15, -0.1) is 0 Å². The molecule has 1 heterocycles. The monoisotopic (exact) mass is 504 g/mol. The first kappa shape index (κ1) is 24.5. The fourth-order valence-corrected chi connectivity index (χ4v) is 4.34. The highest BCUT2D eigenvalue weighted by Crippen LogP contribution is 2.44. The highest BCUT2D eigenvalue weighted by molar-refractivity contribution is 5.94. The summed E-state index contributed by atoms with van der Waals surface area (Å²) >= 11 is 0. The van der Waals surface area contributed by atoms with E-state index in [2.05, 4.69) is 6.07 Å². The molecule has 1 aliphatic heterocycles. The number of methoxy groups -OCH3 is 1. The normalized spacial score (nSPS) is 14.1. The topological polar surface area (TPSA) is 104 Å². The largest absolute Gasteiger partial charge is 0.496 e. The minimum atomic E-state index is -0.570. The van der Waals surface area contributed by atoms with Crippen LogP contribution >= 0.6 is 0 Å². The number of hydrogen-bond donors (Lipinski definition) is 1. The van der Waals surface area contributed by atoms with Crippen LogP contribution in [0.2, 0.25) is 0 Å². The third-order valence-corrected chi connectivity index (χ3v) is 6.17. The van der Waals surface area contributed by atoms with E-state index in [4.69, 9.17) is 24.7 Å². The zero-order valence-electron chi connectivity index (χ0n) is 20.6. The molecule has 0 spiro atoms. The molecule has 1 aliphatic rings. The van der Waals surface area contributed by atoms with Gasteiger partial charge >= 0.3 is 5.97 Å². The van der Waals surface area contributed by atoms with Gasteiger partial charge < -0.3 is 24.7 Å². The van der Waals surface area contributed by atoms with Crippen molar-refractivity contribution in [3.8, 4) is 29.1 Å². The Labute approximate surface area is 220 Å². The molecular weight excluding hydrogens is 480 g/mol. The Bertz CT molecular complexity index is 1560. The molecule has 0 amide bonds. The molecular formula is C31H24N2O5.